The number of pyridine rings is 1. The summed E-state index contributed by atoms with van der Waals surface area (Å²) < 4.78 is 26.3. The molecule has 78 valence electrons. The second kappa shape index (κ2) is 3.43. The molecule has 0 radical (unpaired) electrons. The smallest absolute Gasteiger partial charge is 0.248 e. The minimum absolute atomic E-state index is 0.0307. The van der Waals surface area contributed by atoms with E-state index in [-0.39, 0.29) is 17.4 Å². The second-order valence-electron chi connectivity index (χ2n) is 3.17. The fourth-order valence-corrected chi connectivity index (χ4v) is 1.56. The summed E-state index contributed by atoms with van der Waals surface area (Å²) in [5.74, 6) is -1.45. The standard InChI is InChI=1S/C10H8F2N2O/c11-6-2-7(12)10-5(4-13)1-9(15)14-8(10)3-6/h1-3H,4,13H2,(H,14,15). The van der Waals surface area contributed by atoms with E-state index >= 15 is 0 Å². The van der Waals surface area contributed by atoms with Crippen molar-refractivity contribution in [3.63, 3.8) is 0 Å². The first kappa shape index (κ1) is 9.79. The van der Waals surface area contributed by atoms with E-state index in [2.05, 4.69) is 4.98 Å². The van der Waals surface area contributed by atoms with Crippen molar-refractivity contribution in [2.75, 3.05) is 0 Å². The molecule has 0 unspecified atom stereocenters. The van der Waals surface area contributed by atoms with Gasteiger partial charge in [-0.3, -0.25) is 4.79 Å². The molecule has 1 aromatic carbocycles. The Kier molecular flexibility index (Phi) is 2.24. The number of rotatable bonds is 1. The zero-order valence-corrected chi connectivity index (χ0v) is 7.68. The van der Waals surface area contributed by atoms with E-state index in [1.807, 2.05) is 0 Å². The highest BCUT2D eigenvalue weighted by molar-refractivity contribution is 5.82. The molecule has 0 aliphatic carbocycles. The van der Waals surface area contributed by atoms with Crippen molar-refractivity contribution in [1.29, 1.82) is 0 Å². The Balaban J connectivity index is 2.96. The van der Waals surface area contributed by atoms with Crippen molar-refractivity contribution in [2.45, 2.75) is 6.54 Å². The van der Waals surface area contributed by atoms with Gasteiger partial charge in [0.2, 0.25) is 5.56 Å². The van der Waals surface area contributed by atoms with Gasteiger partial charge in [-0.05, 0) is 11.6 Å². The number of hydrogen-bond acceptors (Lipinski definition) is 2. The first-order valence-corrected chi connectivity index (χ1v) is 4.33. The first-order chi connectivity index (χ1) is 7.11. The zero-order chi connectivity index (χ0) is 11.0. The molecule has 0 spiro atoms. The monoisotopic (exact) mass is 210 g/mol. The van der Waals surface area contributed by atoms with Gasteiger partial charge in [0.25, 0.3) is 0 Å². The summed E-state index contributed by atoms with van der Waals surface area (Å²) in [5.41, 5.74) is 5.45. The molecule has 0 saturated carbocycles. The number of nitrogens with one attached hydrogen (secondary N) is 1. The van der Waals surface area contributed by atoms with Gasteiger partial charge in [-0.1, -0.05) is 0 Å². The van der Waals surface area contributed by atoms with Crippen molar-refractivity contribution < 1.29 is 8.78 Å². The van der Waals surface area contributed by atoms with Crippen LogP contribution in [0.2, 0.25) is 0 Å². The Morgan fingerprint density at radius 2 is 2.00 bits per heavy atom. The van der Waals surface area contributed by atoms with Crippen LogP contribution in [0, 0.1) is 11.6 Å². The maximum absolute atomic E-state index is 13.4. The Morgan fingerprint density at radius 1 is 1.27 bits per heavy atom. The number of benzene rings is 1. The molecule has 2 aromatic rings. The maximum Gasteiger partial charge on any atom is 0.248 e. The lowest BCUT2D eigenvalue weighted by atomic mass is 10.1. The van der Waals surface area contributed by atoms with Crippen LogP contribution in [0.25, 0.3) is 10.9 Å². The topological polar surface area (TPSA) is 58.9 Å². The summed E-state index contributed by atoms with van der Waals surface area (Å²) in [6.45, 7) is 0.0307. The third-order valence-electron chi connectivity index (χ3n) is 2.16. The van der Waals surface area contributed by atoms with Crippen LogP contribution in [0.3, 0.4) is 0 Å². The van der Waals surface area contributed by atoms with E-state index in [0.717, 1.165) is 12.1 Å². The van der Waals surface area contributed by atoms with Crippen LogP contribution in [-0.2, 0) is 6.54 Å². The van der Waals surface area contributed by atoms with Gasteiger partial charge in [0.15, 0.2) is 0 Å². The molecule has 0 amide bonds. The molecule has 15 heavy (non-hydrogen) atoms. The SMILES string of the molecule is NCc1cc(=O)[nH]c2cc(F)cc(F)c12. The number of fused-ring (bicyclic) bond motifs is 1. The second-order valence-corrected chi connectivity index (χ2v) is 3.17. The molecular formula is C10H8F2N2O. The van der Waals surface area contributed by atoms with E-state index in [1.54, 1.807) is 0 Å². The largest absolute Gasteiger partial charge is 0.326 e. The average Bonchev–Trinajstić information content (AvgIpc) is 2.14. The quantitative estimate of drug-likeness (QED) is 0.744. The Hall–Kier alpha value is -1.75. The van der Waals surface area contributed by atoms with Crippen LogP contribution >= 0.6 is 0 Å². The molecule has 0 atom stereocenters. The summed E-state index contributed by atoms with van der Waals surface area (Å²) in [5, 5.41) is 0.165. The molecule has 1 heterocycles. The molecule has 0 aliphatic rings. The van der Waals surface area contributed by atoms with E-state index < -0.39 is 17.2 Å². The minimum atomic E-state index is -0.732. The van der Waals surface area contributed by atoms with Crippen LogP contribution in [0.1, 0.15) is 5.56 Å². The molecular weight excluding hydrogens is 202 g/mol. The van der Waals surface area contributed by atoms with Crippen molar-refractivity contribution in [1.82, 2.24) is 4.98 Å². The van der Waals surface area contributed by atoms with Gasteiger partial charge in [-0.15, -0.1) is 0 Å². The van der Waals surface area contributed by atoms with Crippen LogP contribution in [0.15, 0.2) is 23.0 Å². The fourth-order valence-electron chi connectivity index (χ4n) is 1.56. The average molecular weight is 210 g/mol. The molecule has 0 aliphatic heterocycles. The highest BCUT2D eigenvalue weighted by atomic mass is 19.1. The van der Waals surface area contributed by atoms with Gasteiger partial charge >= 0.3 is 0 Å². The lowest BCUT2D eigenvalue weighted by Crippen LogP contribution is -2.10. The fraction of sp³-hybridized carbons (Fsp3) is 0.100. The number of hydrogen-bond donors (Lipinski definition) is 2. The third kappa shape index (κ3) is 1.61. The molecule has 5 heteroatoms. The summed E-state index contributed by atoms with van der Waals surface area (Å²) in [4.78, 5) is 13.5. The van der Waals surface area contributed by atoms with E-state index in [1.165, 1.54) is 6.07 Å². The van der Waals surface area contributed by atoms with Crippen molar-refractivity contribution in [3.8, 4) is 0 Å². The van der Waals surface area contributed by atoms with Gasteiger partial charge < -0.3 is 10.7 Å². The highest BCUT2D eigenvalue weighted by Crippen LogP contribution is 2.19. The third-order valence-corrected chi connectivity index (χ3v) is 2.16. The molecule has 3 nitrogen and oxygen atoms in total. The van der Waals surface area contributed by atoms with Crippen molar-refractivity contribution >= 4 is 10.9 Å². The predicted molar refractivity (Wildman–Crippen MR) is 52.4 cm³/mol. The Morgan fingerprint density at radius 3 is 2.67 bits per heavy atom. The van der Waals surface area contributed by atoms with Gasteiger partial charge in [-0.25, -0.2) is 8.78 Å². The Labute approximate surface area is 83.5 Å². The molecule has 0 fully saturated rings. The van der Waals surface area contributed by atoms with E-state index in [9.17, 15) is 13.6 Å². The number of aromatic amines is 1. The summed E-state index contributed by atoms with van der Waals surface area (Å²) in [6, 6.07) is 3.04. The normalized spacial score (nSPS) is 10.9. The lowest BCUT2D eigenvalue weighted by Gasteiger charge is -2.04. The van der Waals surface area contributed by atoms with E-state index in [0.29, 0.717) is 5.56 Å². The van der Waals surface area contributed by atoms with Gasteiger partial charge in [0.1, 0.15) is 11.6 Å². The number of aromatic nitrogens is 1. The van der Waals surface area contributed by atoms with E-state index in [4.69, 9.17) is 5.73 Å². The zero-order valence-electron chi connectivity index (χ0n) is 7.68. The molecule has 0 saturated heterocycles. The van der Waals surface area contributed by atoms with Crippen molar-refractivity contribution in [3.05, 3.63) is 45.8 Å². The van der Waals surface area contributed by atoms with Crippen LogP contribution in [-0.4, -0.2) is 4.98 Å². The van der Waals surface area contributed by atoms with Gasteiger partial charge in [-0.2, -0.15) is 0 Å². The summed E-state index contributed by atoms with van der Waals surface area (Å²) in [6.07, 6.45) is 0. The van der Waals surface area contributed by atoms with Crippen LogP contribution < -0.4 is 11.3 Å². The highest BCUT2D eigenvalue weighted by Gasteiger charge is 2.09. The first-order valence-electron chi connectivity index (χ1n) is 4.33. The van der Waals surface area contributed by atoms with Gasteiger partial charge in [0.05, 0.1) is 5.52 Å². The van der Waals surface area contributed by atoms with Gasteiger partial charge in [0, 0.05) is 24.1 Å². The minimum Gasteiger partial charge on any atom is -0.326 e. The number of H-pyrrole nitrogens is 1. The molecule has 2 rings (SSSR count). The molecule has 0 bridgehead atoms. The summed E-state index contributed by atoms with van der Waals surface area (Å²) >= 11 is 0. The van der Waals surface area contributed by atoms with Crippen LogP contribution in [0.4, 0.5) is 8.78 Å². The molecule has 3 N–H and O–H groups in total. The Bertz CT molecular complexity index is 577. The summed E-state index contributed by atoms with van der Waals surface area (Å²) in [7, 11) is 0. The van der Waals surface area contributed by atoms with Crippen molar-refractivity contribution in [2.24, 2.45) is 5.73 Å². The maximum atomic E-state index is 13.4. The lowest BCUT2D eigenvalue weighted by molar-refractivity contribution is 0.591. The number of halogens is 2. The van der Waals surface area contributed by atoms with Crippen LogP contribution in [0.5, 0.6) is 0 Å². The molecule has 1 aromatic heterocycles. The predicted octanol–water partition coefficient (Wildman–Crippen LogP) is 1.26. The number of nitrogens with two attached hydrogens (primary N) is 1.